The minimum atomic E-state index is 0.267. The second-order valence-corrected chi connectivity index (χ2v) is 5.35. The lowest BCUT2D eigenvalue weighted by molar-refractivity contribution is 0.317. The van der Waals surface area contributed by atoms with E-state index in [4.69, 9.17) is 10.5 Å². The maximum Gasteiger partial charge on any atom is 0.119 e. The van der Waals surface area contributed by atoms with Crippen molar-refractivity contribution in [1.82, 2.24) is 5.32 Å². The quantitative estimate of drug-likeness (QED) is 0.794. The second kappa shape index (κ2) is 7.51. The first-order valence-electron chi connectivity index (χ1n) is 7.52. The Balaban J connectivity index is 1.93. The van der Waals surface area contributed by atoms with Gasteiger partial charge in [0.05, 0.1) is 6.61 Å². The molecule has 1 aliphatic rings. The minimum Gasteiger partial charge on any atom is -0.494 e. The van der Waals surface area contributed by atoms with E-state index in [1.165, 1.54) is 31.2 Å². The Morgan fingerprint density at radius 2 is 1.95 bits per heavy atom. The fraction of sp³-hybridized carbons (Fsp3) is 0.625. The molecule has 106 valence electrons. The van der Waals surface area contributed by atoms with Gasteiger partial charge in [0.15, 0.2) is 0 Å². The summed E-state index contributed by atoms with van der Waals surface area (Å²) in [5, 5.41) is 3.68. The molecule has 1 aromatic rings. The first kappa shape index (κ1) is 14.4. The lowest BCUT2D eigenvalue weighted by atomic mass is 10.1. The van der Waals surface area contributed by atoms with Crippen LogP contribution in [-0.4, -0.2) is 19.2 Å². The Bertz CT molecular complexity index is 358. The van der Waals surface area contributed by atoms with Crippen LogP contribution < -0.4 is 15.8 Å². The molecule has 1 unspecified atom stereocenters. The molecule has 1 aliphatic carbocycles. The molecule has 3 N–H and O–H groups in total. The van der Waals surface area contributed by atoms with Crippen LogP contribution in [-0.2, 0) is 0 Å². The monoisotopic (exact) mass is 262 g/mol. The van der Waals surface area contributed by atoms with Gasteiger partial charge >= 0.3 is 0 Å². The molecule has 3 heteroatoms. The maximum atomic E-state index is 5.91. The molecular weight excluding hydrogens is 236 g/mol. The zero-order chi connectivity index (χ0) is 13.5. The van der Waals surface area contributed by atoms with Crippen LogP contribution in [0.3, 0.4) is 0 Å². The van der Waals surface area contributed by atoms with E-state index in [2.05, 4.69) is 24.4 Å². The molecule has 19 heavy (non-hydrogen) atoms. The fourth-order valence-electron chi connectivity index (χ4n) is 2.69. The SMILES string of the molecule is CCCOc1ccc(C(CN)NC2CCCC2)cc1. The Labute approximate surface area is 116 Å². The molecule has 3 nitrogen and oxygen atoms in total. The minimum absolute atomic E-state index is 0.267. The van der Waals surface area contributed by atoms with Crippen molar-refractivity contribution in [3.63, 3.8) is 0 Å². The molecule has 0 bridgehead atoms. The Kier molecular flexibility index (Phi) is 5.67. The first-order valence-corrected chi connectivity index (χ1v) is 7.52. The summed E-state index contributed by atoms with van der Waals surface area (Å²) in [7, 11) is 0. The third-order valence-electron chi connectivity index (χ3n) is 3.78. The van der Waals surface area contributed by atoms with E-state index in [0.717, 1.165) is 18.8 Å². The molecule has 1 saturated carbocycles. The highest BCUT2D eigenvalue weighted by atomic mass is 16.5. The number of hydrogen-bond donors (Lipinski definition) is 2. The Morgan fingerprint density at radius 3 is 2.53 bits per heavy atom. The van der Waals surface area contributed by atoms with Gasteiger partial charge in [0.2, 0.25) is 0 Å². The predicted octanol–water partition coefficient (Wildman–Crippen LogP) is 3.01. The summed E-state index contributed by atoms with van der Waals surface area (Å²) in [5.41, 5.74) is 7.17. The van der Waals surface area contributed by atoms with Crippen LogP contribution in [0, 0.1) is 0 Å². The van der Waals surface area contributed by atoms with Gasteiger partial charge in [-0.1, -0.05) is 31.9 Å². The van der Waals surface area contributed by atoms with Gasteiger partial charge in [-0.05, 0) is 37.0 Å². The van der Waals surface area contributed by atoms with Crippen LogP contribution in [0.2, 0.25) is 0 Å². The summed E-state index contributed by atoms with van der Waals surface area (Å²) in [6, 6.07) is 9.26. The molecule has 0 heterocycles. The highest BCUT2D eigenvalue weighted by molar-refractivity contribution is 5.29. The highest BCUT2D eigenvalue weighted by Crippen LogP contribution is 2.23. The molecule has 1 aromatic carbocycles. The van der Waals surface area contributed by atoms with Crippen molar-refractivity contribution in [1.29, 1.82) is 0 Å². The van der Waals surface area contributed by atoms with Crippen LogP contribution in [0.4, 0.5) is 0 Å². The molecule has 2 rings (SSSR count). The van der Waals surface area contributed by atoms with E-state index in [9.17, 15) is 0 Å². The average molecular weight is 262 g/mol. The second-order valence-electron chi connectivity index (χ2n) is 5.35. The molecule has 0 spiro atoms. The summed E-state index contributed by atoms with van der Waals surface area (Å²) in [4.78, 5) is 0. The van der Waals surface area contributed by atoms with E-state index in [1.807, 2.05) is 12.1 Å². The van der Waals surface area contributed by atoms with E-state index in [0.29, 0.717) is 12.6 Å². The van der Waals surface area contributed by atoms with Crippen molar-refractivity contribution < 1.29 is 4.74 Å². The number of rotatable bonds is 7. The summed E-state index contributed by atoms with van der Waals surface area (Å²) in [6.07, 6.45) is 6.30. The zero-order valence-corrected chi connectivity index (χ0v) is 11.9. The van der Waals surface area contributed by atoms with Crippen molar-refractivity contribution >= 4 is 0 Å². The van der Waals surface area contributed by atoms with Crippen molar-refractivity contribution in [3.05, 3.63) is 29.8 Å². The predicted molar refractivity (Wildman–Crippen MR) is 79.4 cm³/mol. The summed E-state index contributed by atoms with van der Waals surface area (Å²) < 4.78 is 5.61. The highest BCUT2D eigenvalue weighted by Gasteiger charge is 2.19. The topological polar surface area (TPSA) is 47.3 Å². The van der Waals surface area contributed by atoms with Gasteiger partial charge in [0, 0.05) is 18.6 Å². The van der Waals surface area contributed by atoms with Gasteiger partial charge < -0.3 is 15.8 Å². The smallest absolute Gasteiger partial charge is 0.119 e. The van der Waals surface area contributed by atoms with Gasteiger partial charge in [0.25, 0.3) is 0 Å². The standard InChI is InChI=1S/C16H26N2O/c1-2-11-19-15-9-7-13(8-10-15)16(12-17)18-14-5-3-4-6-14/h7-10,14,16,18H,2-6,11-12,17H2,1H3. The van der Waals surface area contributed by atoms with Gasteiger partial charge in [-0.3, -0.25) is 0 Å². The number of nitrogens with one attached hydrogen (secondary N) is 1. The van der Waals surface area contributed by atoms with Crippen molar-refractivity contribution in [2.75, 3.05) is 13.2 Å². The number of ether oxygens (including phenoxy) is 1. The summed E-state index contributed by atoms with van der Waals surface area (Å²) in [6.45, 7) is 3.54. The van der Waals surface area contributed by atoms with Crippen molar-refractivity contribution in [2.24, 2.45) is 5.73 Å². The van der Waals surface area contributed by atoms with E-state index in [-0.39, 0.29) is 6.04 Å². The Hall–Kier alpha value is -1.06. The van der Waals surface area contributed by atoms with Crippen molar-refractivity contribution in [2.45, 2.75) is 51.1 Å². The lowest BCUT2D eigenvalue weighted by Gasteiger charge is -2.22. The van der Waals surface area contributed by atoms with E-state index >= 15 is 0 Å². The third-order valence-corrected chi connectivity index (χ3v) is 3.78. The molecular formula is C16H26N2O. The van der Waals surface area contributed by atoms with Crippen molar-refractivity contribution in [3.8, 4) is 5.75 Å². The van der Waals surface area contributed by atoms with Gasteiger partial charge in [-0.25, -0.2) is 0 Å². The molecule has 0 amide bonds. The van der Waals surface area contributed by atoms with Gasteiger partial charge in [-0.2, -0.15) is 0 Å². The Morgan fingerprint density at radius 1 is 1.26 bits per heavy atom. The number of hydrogen-bond acceptors (Lipinski definition) is 3. The molecule has 0 radical (unpaired) electrons. The van der Waals surface area contributed by atoms with Gasteiger partial charge in [-0.15, -0.1) is 0 Å². The van der Waals surface area contributed by atoms with E-state index in [1.54, 1.807) is 0 Å². The van der Waals surface area contributed by atoms with E-state index < -0.39 is 0 Å². The molecule has 0 aromatic heterocycles. The normalized spacial score (nSPS) is 17.6. The maximum absolute atomic E-state index is 5.91. The molecule has 1 atom stereocenters. The fourth-order valence-corrected chi connectivity index (χ4v) is 2.69. The third kappa shape index (κ3) is 4.22. The zero-order valence-electron chi connectivity index (χ0n) is 11.9. The van der Waals surface area contributed by atoms with Gasteiger partial charge in [0.1, 0.15) is 5.75 Å². The first-order chi connectivity index (χ1) is 9.33. The largest absolute Gasteiger partial charge is 0.494 e. The number of benzene rings is 1. The average Bonchev–Trinajstić information content (AvgIpc) is 2.96. The van der Waals surface area contributed by atoms with Crippen LogP contribution in [0.25, 0.3) is 0 Å². The van der Waals surface area contributed by atoms with Crippen LogP contribution >= 0.6 is 0 Å². The molecule has 0 aliphatic heterocycles. The molecule has 0 saturated heterocycles. The summed E-state index contributed by atoms with van der Waals surface area (Å²) in [5.74, 6) is 0.947. The lowest BCUT2D eigenvalue weighted by Crippen LogP contribution is -2.35. The number of nitrogens with two attached hydrogens (primary N) is 1. The van der Waals surface area contributed by atoms with Crippen LogP contribution in [0.15, 0.2) is 24.3 Å². The van der Waals surface area contributed by atoms with Crippen LogP contribution in [0.5, 0.6) is 5.75 Å². The van der Waals surface area contributed by atoms with Crippen LogP contribution in [0.1, 0.15) is 50.6 Å². The molecule has 1 fully saturated rings. The summed E-state index contributed by atoms with van der Waals surface area (Å²) >= 11 is 0.